The highest BCUT2D eigenvalue weighted by atomic mass is 16.5. The van der Waals surface area contributed by atoms with Crippen LogP contribution in [0.1, 0.15) is 17.2 Å². The van der Waals surface area contributed by atoms with Crippen LogP contribution in [0.25, 0.3) is 0 Å². The molecule has 0 saturated heterocycles. The normalized spacial score (nSPS) is 11.9. The summed E-state index contributed by atoms with van der Waals surface area (Å²) in [7, 11) is 0. The van der Waals surface area contributed by atoms with E-state index in [1.807, 2.05) is 13.0 Å². The third kappa shape index (κ3) is 4.91. The first-order valence-electron chi connectivity index (χ1n) is 6.60. The van der Waals surface area contributed by atoms with Gasteiger partial charge in [-0.05, 0) is 31.2 Å². The molecule has 1 heterocycles. The summed E-state index contributed by atoms with van der Waals surface area (Å²) in [5, 5.41) is 21.5. The Morgan fingerprint density at radius 1 is 1.43 bits per heavy atom. The van der Waals surface area contributed by atoms with Crippen LogP contribution in [0, 0.1) is 18.3 Å². The largest absolute Gasteiger partial charge is 0.491 e. The van der Waals surface area contributed by atoms with Gasteiger partial charge < -0.3 is 19.6 Å². The summed E-state index contributed by atoms with van der Waals surface area (Å²) in [5.74, 6) is 1.97. The van der Waals surface area contributed by atoms with E-state index in [-0.39, 0.29) is 6.61 Å². The molecule has 0 aliphatic carbocycles. The number of aliphatic hydroxyl groups excluding tert-OH is 1. The standard InChI is InChI=1S/C15H17N3O3/c1-11-7-18-15(21-11)9-17-8-13(19)10-20-14-4-2-12(6-16)3-5-14/h2-5,7,13,17,19H,8-10H2,1H3. The van der Waals surface area contributed by atoms with Crippen LogP contribution in [0.3, 0.4) is 0 Å². The van der Waals surface area contributed by atoms with Crippen molar-refractivity contribution in [3.05, 3.63) is 47.7 Å². The number of rotatable bonds is 7. The SMILES string of the molecule is Cc1cnc(CNCC(O)COc2ccc(C#N)cc2)o1. The van der Waals surface area contributed by atoms with Crippen molar-refractivity contribution in [2.45, 2.75) is 19.6 Å². The van der Waals surface area contributed by atoms with Gasteiger partial charge in [-0.2, -0.15) is 5.26 Å². The average Bonchev–Trinajstić information content (AvgIpc) is 2.91. The number of ether oxygens (including phenoxy) is 1. The fourth-order valence-electron chi connectivity index (χ4n) is 1.71. The summed E-state index contributed by atoms with van der Waals surface area (Å²) >= 11 is 0. The number of hydrogen-bond acceptors (Lipinski definition) is 6. The van der Waals surface area contributed by atoms with Crippen LogP contribution < -0.4 is 10.1 Å². The molecule has 1 unspecified atom stereocenters. The van der Waals surface area contributed by atoms with Crippen molar-refractivity contribution < 1.29 is 14.3 Å². The molecule has 0 bridgehead atoms. The number of nitrogens with zero attached hydrogens (tertiary/aromatic N) is 2. The minimum atomic E-state index is -0.642. The molecule has 6 nitrogen and oxygen atoms in total. The molecule has 2 aromatic rings. The monoisotopic (exact) mass is 287 g/mol. The van der Waals surface area contributed by atoms with E-state index in [4.69, 9.17) is 14.4 Å². The van der Waals surface area contributed by atoms with Crippen LogP contribution in [0.15, 0.2) is 34.9 Å². The number of hydrogen-bond donors (Lipinski definition) is 2. The highest BCUT2D eigenvalue weighted by molar-refractivity contribution is 5.34. The topological polar surface area (TPSA) is 91.3 Å². The molecule has 2 N–H and O–H groups in total. The number of aliphatic hydroxyl groups is 1. The van der Waals surface area contributed by atoms with Gasteiger partial charge in [0, 0.05) is 6.54 Å². The fourth-order valence-corrected chi connectivity index (χ4v) is 1.71. The number of benzene rings is 1. The summed E-state index contributed by atoms with van der Waals surface area (Å²) in [5.41, 5.74) is 0.575. The van der Waals surface area contributed by atoms with Crippen molar-refractivity contribution in [1.82, 2.24) is 10.3 Å². The van der Waals surface area contributed by atoms with E-state index in [0.29, 0.717) is 30.3 Å². The first-order valence-corrected chi connectivity index (χ1v) is 6.60. The summed E-state index contributed by atoms with van der Waals surface area (Å²) in [4.78, 5) is 4.05. The van der Waals surface area contributed by atoms with Gasteiger partial charge in [-0.25, -0.2) is 4.98 Å². The molecule has 6 heteroatoms. The van der Waals surface area contributed by atoms with E-state index >= 15 is 0 Å². The Hall–Kier alpha value is -2.36. The maximum atomic E-state index is 9.80. The van der Waals surface area contributed by atoms with Gasteiger partial charge in [-0.3, -0.25) is 0 Å². The van der Waals surface area contributed by atoms with E-state index in [2.05, 4.69) is 10.3 Å². The minimum Gasteiger partial charge on any atom is -0.491 e. The van der Waals surface area contributed by atoms with Crippen molar-refractivity contribution >= 4 is 0 Å². The Morgan fingerprint density at radius 2 is 2.19 bits per heavy atom. The lowest BCUT2D eigenvalue weighted by Gasteiger charge is -2.12. The summed E-state index contributed by atoms with van der Waals surface area (Å²) < 4.78 is 10.7. The minimum absolute atomic E-state index is 0.170. The molecular formula is C15H17N3O3. The number of oxazole rings is 1. The number of aromatic nitrogens is 1. The predicted octanol–water partition coefficient (Wildman–Crippen LogP) is 1.38. The third-order valence-electron chi connectivity index (χ3n) is 2.75. The lowest BCUT2D eigenvalue weighted by molar-refractivity contribution is 0.105. The Kier molecular flexibility index (Phi) is 5.32. The van der Waals surface area contributed by atoms with Crippen LogP contribution in [0.2, 0.25) is 0 Å². The maximum Gasteiger partial charge on any atom is 0.208 e. The lowest BCUT2D eigenvalue weighted by atomic mass is 10.2. The molecule has 0 aliphatic heterocycles. The van der Waals surface area contributed by atoms with E-state index < -0.39 is 6.10 Å². The Bertz CT molecular complexity index is 601. The van der Waals surface area contributed by atoms with Gasteiger partial charge >= 0.3 is 0 Å². The molecule has 0 radical (unpaired) electrons. The number of nitrogens with one attached hydrogen (secondary N) is 1. The van der Waals surface area contributed by atoms with Crippen molar-refractivity contribution in [2.24, 2.45) is 0 Å². The Morgan fingerprint density at radius 3 is 2.81 bits per heavy atom. The van der Waals surface area contributed by atoms with Gasteiger partial charge in [0.2, 0.25) is 5.89 Å². The molecule has 110 valence electrons. The van der Waals surface area contributed by atoms with Crippen molar-refractivity contribution in [2.75, 3.05) is 13.2 Å². The Labute approximate surface area is 123 Å². The first-order chi connectivity index (χ1) is 10.2. The molecular weight excluding hydrogens is 270 g/mol. The molecule has 0 saturated carbocycles. The molecule has 2 rings (SSSR count). The van der Waals surface area contributed by atoms with E-state index in [9.17, 15) is 5.11 Å². The smallest absolute Gasteiger partial charge is 0.208 e. The van der Waals surface area contributed by atoms with Crippen molar-refractivity contribution in [1.29, 1.82) is 5.26 Å². The zero-order valence-electron chi connectivity index (χ0n) is 11.7. The quantitative estimate of drug-likeness (QED) is 0.799. The fraction of sp³-hybridized carbons (Fsp3) is 0.333. The van der Waals surface area contributed by atoms with Crippen LogP contribution in [0.4, 0.5) is 0 Å². The van der Waals surface area contributed by atoms with Gasteiger partial charge in [0.25, 0.3) is 0 Å². The zero-order valence-corrected chi connectivity index (χ0v) is 11.7. The van der Waals surface area contributed by atoms with E-state index in [1.165, 1.54) is 0 Å². The molecule has 1 aromatic carbocycles. The van der Waals surface area contributed by atoms with Gasteiger partial charge in [0.05, 0.1) is 24.4 Å². The molecule has 21 heavy (non-hydrogen) atoms. The molecule has 1 atom stereocenters. The Balaban J connectivity index is 1.67. The van der Waals surface area contributed by atoms with Crippen LogP contribution in [0.5, 0.6) is 5.75 Å². The third-order valence-corrected chi connectivity index (χ3v) is 2.75. The second-order valence-corrected chi connectivity index (χ2v) is 4.60. The second-order valence-electron chi connectivity index (χ2n) is 4.60. The molecule has 1 aromatic heterocycles. The number of nitriles is 1. The van der Waals surface area contributed by atoms with Crippen LogP contribution in [-0.4, -0.2) is 29.3 Å². The lowest BCUT2D eigenvalue weighted by Crippen LogP contribution is -2.31. The number of aryl methyl sites for hydroxylation is 1. The highest BCUT2D eigenvalue weighted by Gasteiger charge is 2.06. The van der Waals surface area contributed by atoms with Crippen molar-refractivity contribution in [3.63, 3.8) is 0 Å². The van der Waals surface area contributed by atoms with Crippen molar-refractivity contribution in [3.8, 4) is 11.8 Å². The van der Waals surface area contributed by atoms with Gasteiger partial charge in [0.15, 0.2) is 0 Å². The van der Waals surface area contributed by atoms with Gasteiger partial charge in [-0.15, -0.1) is 0 Å². The average molecular weight is 287 g/mol. The predicted molar refractivity (Wildman–Crippen MR) is 75.6 cm³/mol. The summed E-state index contributed by atoms with van der Waals surface area (Å²) in [6.07, 6.45) is 1.01. The summed E-state index contributed by atoms with van der Waals surface area (Å²) in [6.45, 7) is 2.83. The van der Waals surface area contributed by atoms with Crippen LogP contribution in [-0.2, 0) is 6.54 Å². The molecule has 0 aliphatic rings. The van der Waals surface area contributed by atoms with Gasteiger partial charge in [0.1, 0.15) is 24.2 Å². The van der Waals surface area contributed by atoms with Gasteiger partial charge in [-0.1, -0.05) is 0 Å². The second kappa shape index (κ2) is 7.43. The highest BCUT2D eigenvalue weighted by Crippen LogP contribution is 2.11. The van der Waals surface area contributed by atoms with E-state index in [0.717, 1.165) is 5.76 Å². The van der Waals surface area contributed by atoms with Crippen LogP contribution >= 0.6 is 0 Å². The molecule has 0 fully saturated rings. The molecule has 0 spiro atoms. The maximum absolute atomic E-state index is 9.80. The summed E-state index contributed by atoms with van der Waals surface area (Å²) in [6, 6.07) is 8.78. The van der Waals surface area contributed by atoms with E-state index in [1.54, 1.807) is 30.5 Å². The first kappa shape index (κ1) is 15.0. The zero-order chi connectivity index (χ0) is 15.1. The molecule has 0 amide bonds.